The van der Waals surface area contributed by atoms with Gasteiger partial charge in [0.25, 0.3) is 5.91 Å². The lowest BCUT2D eigenvalue weighted by Gasteiger charge is -2.26. The molecule has 0 aliphatic carbocycles. The van der Waals surface area contributed by atoms with Gasteiger partial charge in [-0.15, -0.1) is 0 Å². The molecule has 0 radical (unpaired) electrons. The van der Waals surface area contributed by atoms with E-state index in [9.17, 15) is 18.0 Å². The number of amides is 1. The lowest BCUT2D eigenvalue weighted by molar-refractivity contribution is 0.0512. The highest BCUT2D eigenvalue weighted by molar-refractivity contribution is 7.91. The van der Waals surface area contributed by atoms with Crippen molar-refractivity contribution in [2.45, 2.75) is 6.92 Å². The van der Waals surface area contributed by atoms with Gasteiger partial charge in [0.2, 0.25) is 0 Å². The highest BCUT2D eigenvalue weighted by atomic mass is 32.2. The van der Waals surface area contributed by atoms with Crippen LogP contribution in [0, 0.1) is 0 Å². The fraction of sp³-hybridized carbons (Fsp3) is 0.545. The summed E-state index contributed by atoms with van der Waals surface area (Å²) in [6.07, 6.45) is 1.24. The molecule has 0 unspecified atom stereocenters. The first-order valence-electron chi connectivity index (χ1n) is 6.15. The summed E-state index contributed by atoms with van der Waals surface area (Å²) in [6, 6.07) is 0. The van der Waals surface area contributed by atoms with E-state index in [1.165, 1.54) is 11.2 Å². The third kappa shape index (κ3) is 2.98. The van der Waals surface area contributed by atoms with Crippen molar-refractivity contribution in [3.8, 4) is 0 Å². The molecule has 2 rings (SSSR count). The Bertz CT molecular complexity index is 608. The second kappa shape index (κ2) is 5.61. The predicted molar refractivity (Wildman–Crippen MR) is 69.1 cm³/mol. The number of sulfone groups is 1. The highest BCUT2D eigenvalue weighted by Gasteiger charge is 2.30. The zero-order valence-electron chi connectivity index (χ0n) is 11.0. The molecule has 0 aromatic carbocycles. The molecule has 1 aliphatic heterocycles. The molecule has 1 aliphatic rings. The molecule has 9 heteroatoms. The summed E-state index contributed by atoms with van der Waals surface area (Å²) in [5.74, 6) is -1.27. The van der Waals surface area contributed by atoms with Crippen molar-refractivity contribution in [1.82, 2.24) is 14.9 Å². The molecule has 1 N–H and O–H groups in total. The van der Waals surface area contributed by atoms with E-state index in [4.69, 9.17) is 4.74 Å². The minimum absolute atomic E-state index is 0.00900. The molecule has 1 fully saturated rings. The number of carbonyl (C=O) groups excluding carboxylic acids is 2. The fourth-order valence-electron chi connectivity index (χ4n) is 1.88. The lowest BCUT2D eigenvalue weighted by Crippen LogP contribution is -2.44. The first-order valence-corrected chi connectivity index (χ1v) is 7.97. The minimum Gasteiger partial charge on any atom is -0.461 e. The lowest BCUT2D eigenvalue weighted by atomic mass is 10.3. The van der Waals surface area contributed by atoms with Crippen molar-refractivity contribution in [3.63, 3.8) is 0 Å². The van der Waals surface area contributed by atoms with E-state index >= 15 is 0 Å². The van der Waals surface area contributed by atoms with Gasteiger partial charge in [0.05, 0.1) is 24.4 Å². The number of hydrogen-bond acceptors (Lipinski definition) is 6. The first kappa shape index (κ1) is 14.5. The molecule has 1 saturated heterocycles. The van der Waals surface area contributed by atoms with Crippen LogP contribution in [0.25, 0.3) is 0 Å². The zero-order chi connectivity index (χ0) is 14.8. The number of esters is 1. The summed E-state index contributed by atoms with van der Waals surface area (Å²) in [5, 5.41) is 0. The molecule has 1 aromatic heterocycles. The molecule has 110 valence electrons. The van der Waals surface area contributed by atoms with E-state index in [2.05, 4.69) is 9.97 Å². The van der Waals surface area contributed by atoms with Crippen molar-refractivity contribution in [2.75, 3.05) is 31.2 Å². The summed E-state index contributed by atoms with van der Waals surface area (Å²) in [6.45, 7) is 2.06. The van der Waals surface area contributed by atoms with Crippen LogP contribution in [0.5, 0.6) is 0 Å². The maximum Gasteiger partial charge on any atom is 0.357 e. The quantitative estimate of drug-likeness (QED) is 0.751. The Hall–Kier alpha value is -1.90. The summed E-state index contributed by atoms with van der Waals surface area (Å²) in [5.41, 5.74) is -0.0481. The van der Waals surface area contributed by atoms with Crippen molar-refractivity contribution < 1.29 is 22.7 Å². The number of imidazole rings is 1. The van der Waals surface area contributed by atoms with Crippen molar-refractivity contribution in [2.24, 2.45) is 0 Å². The largest absolute Gasteiger partial charge is 0.461 e. The molecule has 20 heavy (non-hydrogen) atoms. The van der Waals surface area contributed by atoms with Gasteiger partial charge in [-0.25, -0.2) is 18.2 Å². The van der Waals surface area contributed by atoms with Gasteiger partial charge in [-0.3, -0.25) is 4.79 Å². The van der Waals surface area contributed by atoms with Gasteiger partial charge in [0, 0.05) is 13.1 Å². The molecule has 2 heterocycles. The minimum atomic E-state index is -3.07. The normalized spacial score (nSPS) is 17.8. The summed E-state index contributed by atoms with van der Waals surface area (Å²) >= 11 is 0. The van der Waals surface area contributed by atoms with Gasteiger partial charge in [0.15, 0.2) is 21.2 Å². The van der Waals surface area contributed by atoms with E-state index in [0.717, 1.165) is 0 Å². The van der Waals surface area contributed by atoms with Gasteiger partial charge in [-0.2, -0.15) is 0 Å². The maximum atomic E-state index is 12.2. The van der Waals surface area contributed by atoms with E-state index < -0.39 is 21.7 Å². The molecule has 1 amide bonds. The maximum absolute atomic E-state index is 12.2. The monoisotopic (exact) mass is 301 g/mol. The number of rotatable bonds is 3. The van der Waals surface area contributed by atoms with Gasteiger partial charge < -0.3 is 14.6 Å². The first-order chi connectivity index (χ1) is 9.44. The number of carbonyl (C=O) groups is 2. The Labute approximate surface area is 116 Å². The Kier molecular flexibility index (Phi) is 4.07. The van der Waals surface area contributed by atoms with Crippen LogP contribution in [0.4, 0.5) is 0 Å². The van der Waals surface area contributed by atoms with Crippen molar-refractivity contribution in [1.29, 1.82) is 0 Å². The molecule has 8 nitrogen and oxygen atoms in total. The molecule has 1 aromatic rings. The smallest absolute Gasteiger partial charge is 0.357 e. The van der Waals surface area contributed by atoms with Gasteiger partial charge in [0.1, 0.15) is 0 Å². The molecule has 0 atom stereocenters. The topological polar surface area (TPSA) is 109 Å². The zero-order valence-corrected chi connectivity index (χ0v) is 11.8. The Morgan fingerprint density at radius 1 is 1.40 bits per heavy atom. The molecule has 0 bridgehead atoms. The third-order valence-electron chi connectivity index (χ3n) is 2.95. The van der Waals surface area contributed by atoms with Gasteiger partial charge >= 0.3 is 5.97 Å². The summed E-state index contributed by atoms with van der Waals surface area (Å²) in [7, 11) is -3.07. The summed E-state index contributed by atoms with van der Waals surface area (Å²) < 4.78 is 27.5. The van der Waals surface area contributed by atoms with Crippen LogP contribution in [0.2, 0.25) is 0 Å². The van der Waals surface area contributed by atoms with E-state index in [0.29, 0.717) is 0 Å². The molecule has 0 saturated carbocycles. The van der Waals surface area contributed by atoms with Crippen LogP contribution in [-0.4, -0.2) is 66.4 Å². The van der Waals surface area contributed by atoms with Crippen molar-refractivity contribution in [3.05, 3.63) is 17.7 Å². The Morgan fingerprint density at radius 2 is 2.05 bits per heavy atom. The number of nitrogens with one attached hydrogen (secondary N) is 1. The SMILES string of the molecule is CCOC(=O)c1[nH]cnc1C(=O)N1CCS(=O)(=O)CC1. The molecular formula is C11H15N3O5S. The number of H-pyrrole nitrogens is 1. The van der Waals surface area contributed by atoms with E-state index in [-0.39, 0.29) is 42.6 Å². The second-order valence-electron chi connectivity index (χ2n) is 4.29. The standard InChI is InChI=1S/C11H15N3O5S/c1-2-19-11(16)9-8(12-7-13-9)10(15)14-3-5-20(17,18)6-4-14/h7H,2-6H2,1H3,(H,12,13). The number of aromatic nitrogens is 2. The van der Waals surface area contributed by atoms with Gasteiger partial charge in [-0.05, 0) is 6.92 Å². The predicted octanol–water partition coefficient (Wildman–Crippen LogP) is -0.543. The number of ether oxygens (including phenoxy) is 1. The van der Waals surface area contributed by atoms with Crippen LogP contribution < -0.4 is 0 Å². The second-order valence-corrected chi connectivity index (χ2v) is 6.59. The van der Waals surface area contributed by atoms with Crippen LogP contribution >= 0.6 is 0 Å². The van der Waals surface area contributed by atoms with Crippen molar-refractivity contribution >= 4 is 21.7 Å². The summed E-state index contributed by atoms with van der Waals surface area (Å²) in [4.78, 5) is 31.7. The van der Waals surface area contributed by atoms with E-state index in [1.807, 2.05) is 0 Å². The molecule has 0 spiro atoms. The number of hydrogen-bond donors (Lipinski definition) is 1. The van der Waals surface area contributed by atoms with Gasteiger partial charge in [-0.1, -0.05) is 0 Å². The average Bonchev–Trinajstić information content (AvgIpc) is 2.87. The number of aromatic amines is 1. The van der Waals surface area contributed by atoms with Crippen LogP contribution in [0.15, 0.2) is 6.33 Å². The third-order valence-corrected chi connectivity index (χ3v) is 4.56. The Morgan fingerprint density at radius 3 is 2.65 bits per heavy atom. The Balaban J connectivity index is 2.14. The van der Waals surface area contributed by atoms with Crippen LogP contribution in [0.3, 0.4) is 0 Å². The fourth-order valence-corrected chi connectivity index (χ4v) is 3.08. The van der Waals surface area contributed by atoms with Crippen LogP contribution in [-0.2, 0) is 14.6 Å². The molecular weight excluding hydrogens is 286 g/mol. The number of nitrogens with zero attached hydrogens (tertiary/aromatic N) is 2. The van der Waals surface area contributed by atoms with Crippen LogP contribution in [0.1, 0.15) is 27.9 Å². The highest BCUT2D eigenvalue weighted by Crippen LogP contribution is 2.12. The average molecular weight is 301 g/mol. The van der Waals surface area contributed by atoms with E-state index in [1.54, 1.807) is 6.92 Å².